The van der Waals surface area contributed by atoms with Gasteiger partial charge in [-0.3, -0.25) is 4.79 Å². The van der Waals surface area contributed by atoms with E-state index in [1.165, 1.54) is 7.11 Å². The maximum absolute atomic E-state index is 11.1. The van der Waals surface area contributed by atoms with Gasteiger partial charge in [0.2, 0.25) is 0 Å². The topological polar surface area (TPSA) is 38.3 Å². The van der Waals surface area contributed by atoms with Crippen LogP contribution in [0.25, 0.3) is 0 Å². The van der Waals surface area contributed by atoms with E-state index in [9.17, 15) is 4.79 Å². The first-order chi connectivity index (χ1) is 5.34. The van der Waals surface area contributed by atoms with E-state index in [4.69, 9.17) is 4.74 Å². The van der Waals surface area contributed by atoms with E-state index in [2.05, 4.69) is 5.32 Å². The largest absolute Gasteiger partial charge is 0.469 e. The van der Waals surface area contributed by atoms with Crippen molar-refractivity contribution in [3.05, 3.63) is 0 Å². The second-order valence-corrected chi connectivity index (χ2v) is 3.37. The van der Waals surface area contributed by atoms with Gasteiger partial charge in [0.15, 0.2) is 0 Å². The molecule has 2 fully saturated rings. The first-order valence-corrected chi connectivity index (χ1v) is 4.13. The molecule has 0 aromatic carbocycles. The number of fused-ring (bicyclic) bond motifs is 1. The molecular weight excluding hydrogens is 142 g/mol. The van der Waals surface area contributed by atoms with Crippen LogP contribution in [0.15, 0.2) is 0 Å². The first-order valence-electron chi connectivity index (χ1n) is 4.13. The molecule has 1 heterocycles. The Labute approximate surface area is 66.1 Å². The van der Waals surface area contributed by atoms with Gasteiger partial charge in [-0.1, -0.05) is 0 Å². The van der Waals surface area contributed by atoms with Crippen molar-refractivity contribution in [1.82, 2.24) is 5.32 Å². The summed E-state index contributed by atoms with van der Waals surface area (Å²) in [7, 11) is 1.47. The third kappa shape index (κ3) is 1.03. The Morgan fingerprint density at radius 3 is 2.91 bits per heavy atom. The number of carbonyl (C=O) groups excluding carboxylic acids is 1. The van der Waals surface area contributed by atoms with Crippen molar-refractivity contribution >= 4 is 5.97 Å². The fourth-order valence-electron chi connectivity index (χ4n) is 2.14. The Balaban J connectivity index is 1.94. The molecule has 1 saturated carbocycles. The SMILES string of the molecule is COC(=O)C1C2CCNCC21. The van der Waals surface area contributed by atoms with E-state index in [1.54, 1.807) is 0 Å². The van der Waals surface area contributed by atoms with Crippen molar-refractivity contribution in [3.63, 3.8) is 0 Å². The summed E-state index contributed by atoms with van der Waals surface area (Å²) in [6.45, 7) is 2.07. The van der Waals surface area contributed by atoms with Crippen molar-refractivity contribution in [3.8, 4) is 0 Å². The second kappa shape index (κ2) is 2.48. The van der Waals surface area contributed by atoms with Crippen LogP contribution in [0.2, 0.25) is 0 Å². The maximum Gasteiger partial charge on any atom is 0.309 e. The number of piperidine rings is 1. The van der Waals surface area contributed by atoms with Gasteiger partial charge in [-0.05, 0) is 31.3 Å². The summed E-state index contributed by atoms with van der Waals surface area (Å²) >= 11 is 0. The van der Waals surface area contributed by atoms with Crippen LogP contribution in [0.5, 0.6) is 0 Å². The molecule has 3 nitrogen and oxygen atoms in total. The Morgan fingerprint density at radius 1 is 1.55 bits per heavy atom. The molecule has 0 aromatic heterocycles. The van der Waals surface area contributed by atoms with Gasteiger partial charge >= 0.3 is 5.97 Å². The molecule has 3 unspecified atom stereocenters. The number of nitrogens with one attached hydrogen (secondary N) is 1. The summed E-state index contributed by atoms with van der Waals surface area (Å²) in [6.07, 6.45) is 1.14. The molecular formula is C8H13NO2. The third-order valence-corrected chi connectivity index (χ3v) is 2.84. The highest BCUT2D eigenvalue weighted by Gasteiger charge is 2.55. The minimum Gasteiger partial charge on any atom is -0.469 e. The maximum atomic E-state index is 11.1. The summed E-state index contributed by atoms with van der Waals surface area (Å²) < 4.78 is 4.70. The molecule has 0 aromatic rings. The fourth-order valence-corrected chi connectivity index (χ4v) is 2.14. The van der Waals surface area contributed by atoms with Crippen LogP contribution in [0.3, 0.4) is 0 Å². The minimum atomic E-state index is -0.0105. The fraction of sp³-hybridized carbons (Fsp3) is 0.875. The summed E-state index contributed by atoms with van der Waals surface area (Å²) in [4.78, 5) is 11.1. The van der Waals surface area contributed by atoms with Gasteiger partial charge in [-0.2, -0.15) is 0 Å². The van der Waals surface area contributed by atoms with E-state index in [-0.39, 0.29) is 11.9 Å². The van der Waals surface area contributed by atoms with Gasteiger partial charge < -0.3 is 10.1 Å². The lowest BCUT2D eigenvalue weighted by Crippen LogP contribution is -2.23. The zero-order valence-corrected chi connectivity index (χ0v) is 6.67. The number of hydrogen-bond acceptors (Lipinski definition) is 3. The molecule has 62 valence electrons. The van der Waals surface area contributed by atoms with Crippen molar-refractivity contribution in [2.75, 3.05) is 20.2 Å². The Bertz CT molecular complexity index is 169. The average molecular weight is 155 g/mol. The Kier molecular flexibility index (Phi) is 1.60. The lowest BCUT2D eigenvalue weighted by molar-refractivity contribution is -0.142. The van der Waals surface area contributed by atoms with Gasteiger partial charge in [0.25, 0.3) is 0 Å². The van der Waals surface area contributed by atoms with E-state index in [0.717, 1.165) is 19.5 Å². The van der Waals surface area contributed by atoms with Crippen molar-refractivity contribution in [2.45, 2.75) is 6.42 Å². The van der Waals surface area contributed by atoms with Gasteiger partial charge in [0, 0.05) is 0 Å². The number of esters is 1. The van der Waals surface area contributed by atoms with Crippen LogP contribution in [0.4, 0.5) is 0 Å². The van der Waals surface area contributed by atoms with Crippen molar-refractivity contribution in [1.29, 1.82) is 0 Å². The number of methoxy groups -OCH3 is 1. The Morgan fingerprint density at radius 2 is 2.36 bits per heavy atom. The smallest absolute Gasteiger partial charge is 0.309 e. The molecule has 11 heavy (non-hydrogen) atoms. The van der Waals surface area contributed by atoms with Crippen LogP contribution in [0, 0.1) is 17.8 Å². The van der Waals surface area contributed by atoms with Crippen molar-refractivity contribution in [2.24, 2.45) is 17.8 Å². The number of carbonyl (C=O) groups is 1. The van der Waals surface area contributed by atoms with Crippen molar-refractivity contribution < 1.29 is 9.53 Å². The van der Waals surface area contributed by atoms with Crippen LogP contribution >= 0.6 is 0 Å². The zero-order valence-electron chi connectivity index (χ0n) is 6.67. The van der Waals surface area contributed by atoms with Gasteiger partial charge in [0.05, 0.1) is 13.0 Å². The molecule has 0 amide bonds. The molecule has 1 N–H and O–H groups in total. The second-order valence-electron chi connectivity index (χ2n) is 3.37. The average Bonchev–Trinajstić information content (AvgIpc) is 2.77. The molecule has 3 atom stereocenters. The zero-order chi connectivity index (χ0) is 7.84. The molecule has 0 radical (unpaired) electrons. The first kappa shape index (κ1) is 7.10. The van der Waals surface area contributed by atoms with Crippen LogP contribution in [-0.2, 0) is 9.53 Å². The van der Waals surface area contributed by atoms with Gasteiger partial charge in [-0.15, -0.1) is 0 Å². The molecule has 1 aliphatic heterocycles. The van der Waals surface area contributed by atoms with E-state index < -0.39 is 0 Å². The highest BCUT2D eigenvalue weighted by Crippen LogP contribution is 2.50. The van der Waals surface area contributed by atoms with Crippen LogP contribution < -0.4 is 5.32 Å². The number of rotatable bonds is 1. The normalized spacial score (nSPS) is 41.0. The highest BCUT2D eigenvalue weighted by atomic mass is 16.5. The van der Waals surface area contributed by atoms with E-state index in [1.807, 2.05) is 0 Å². The van der Waals surface area contributed by atoms with E-state index in [0.29, 0.717) is 11.8 Å². The molecule has 3 heteroatoms. The number of hydrogen-bond donors (Lipinski definition) is 1. The monoisotopic (exact) mass is 155 g/mol. The summed E-state index contributed by atoms with van der Waals surface area (Å²) in [5.74, 6) is 1.42. The van der Waals surface area contributed by atoms with Crippen LogP contribution in [0.1, 0.15) is 6.42 Å². The lowest BCUT2D eigenvalue weighted by Gasteiger charge is -2.07. The van der Waals surface area contributed by atoms with E-state index >= 15 is 0 Å². The highest BCUT2D eigenvalue weighted by molar-refractivity contribution is 5.76. The molecule has 0 bridgehead atoms. The van der Waals surface area contributed by atoms with Gasteiger partial charge in [-0.25, -0.2) is 0 Å². The van der Waals surface area contributed by atoms with Crippen LogP contribution in [-0.4, -0.2) is 26.2 Å². The third-order valence-electron chi connectivity index (χ3n) is 2.84. The summed E-state index contributed by atoms with van der Waals surface area (Å²) in [5.41, 5.74) is 0. The quantitative estimate of drug-likeness (QED) is 0.542. The molecule has 2 aliphatic rings. The summed E-state index contributed by atoms with van der Waals surface area (Å²) in [5, 5.41) is 3.28. The minimum absolute atomic E-state index is 0.0105. The predicted octanol–water partition coefficient (Wildman–Crippen LogP) is 0.0149. The summed E-state index contributed by atoms with van der Waals surface area (Å²) in [6, 6.07) is 0. The predicted molar refractivity (Wildman–Crippen MR) is 40.0 cm³/mol. The molecule has 1 saturated heterocycles. The molecule has 0 spiro atoms. The molecule has 1 aliphatic carbocycles. The lowest BCUT2D eigenvalue weighted by atomic mass is 10.2. The molecule has 2 rings (SSSR count). The standard InChI is InChI=1S/C8H13NO2/c1-11-8(10)7-5-2-3-9-4-6(5)7/h5-7,9H,2-4H2,1H3. The number of ether oxygens (including phenoxy) is 1. The Hall–Kier alpha value is -0.570. The van der Waals surface area contributed by atoms with Gasteiger partial charge in [0.1, 0.15) is 0 Å².